The van der Waals surface area contributed by atoms with Crippen LogP contribution in [-0.2, 0) is 0 Å². The standard InChI is InChI=1S/C18H23ClN2O3S/c1-21(2)9-10-24-17-11-13(5-7-15(17)19)20-25-14-6-8-16(22-3)18(12-14)23-4/h5-8,11-12,20H,9-10H2,1-4H3. The monoisotopic (exact) mass is 382 g/mol. The van der Waals surface area contributed by atoms with E-state index < -0.39 is 0 Å². The SMILES string of the molecule is COc1ccc(SNc2ccc(Cl)c(OCCN(C)C)c2)cc1OC. The van der Waals surface area contributed by atoms with Crippen LogP contribution in [0.15, 0.2) is 41.3 Å². The summed E-state index contributed by atoms with van der Waals surface area (Å²) in [5.74, 6) is 2.06. The van der Waals surface area contributed by atoms with E-state index in [9.17, 15) is 0 Å². The number of ether oxygens (including phenoxy) is 3. The van der Waals surface area contributed by atoms with Crippen LogP contribution in [0.4, 0.5) is 5.69 Å². The Hall–Kier alpha value is -1.76. The third kappa shape index (κ3) is 5.92. The first-order valence-electron chi connectivity index (χ1n) is 7.75. The number of methoxy groups -OCH3 is 2. The van der Waals surface area contributed by atoms with Crippen LogP contribution in [0.25, 0.3) is 0 Å². The van der Waals surface area contributed by atoms with Gasteiger partial charge in [-0.25, -0.2) is 0 Å². The van der Waals surface area contributed by atoms with E-state index in [1.165, 1.54) is 11.9 Å². The molecule has 0 aliphatic carbocycles. The minimum absolute atomic E-state index is 0.582. The predicted octanol–water partition coefficient (Wildman–Crippen LogP) is 4.42. The molecule has 0 saturated heterocycles. The summed E-state index contributed by atoms with van der Waals surface area (Å²) in [6.45, 7) is 1.41. The molecule has 2 aromatic carbocycles. The van der Waals surface area contributed by atoms with Crippen molar-refractivity contribution in [3.05, 3.63) is 41.4 Å². The Morgan fingerprint density at radius 3 is 2.44 bits per heavy atom. The van der Waals surface area contributed by atoms with Crippen LogP contribution in [0.2, 0.25) is 5.02 Å². The molecule has 0 bridgehead atoms. The van der Waals surface area contributed by atoms with E-state index in [2.05, 4.69) is 9.62 Å². The fourth-order valence-corrected chi connectivity index (χ4v) is 2.85. The first-order valence-corrected chi connectivity index (χ1v) is 8.95. The molecule has 7 heteroatoms. The van der Waals surface area contributed by atoms with Gasteiger partial charge in [0.25, 0.3) is 0 Å². The quantitative estimate of drug-likeness (QED) is 0.648. The molecule has 136 valence electrons. The van der Waals surface area contributed by atoms with Crippen molar-refractivity contribution in [3.8, 4) is 17.2 Å². The number of benzene rings is 2. The van der Waals surface area contributed by atoms with Crippen LogP contribution in [0.5, 0.6) is 17.2 Å². The van der Waals surface area contributed by atoms with Crippen LogP contribution in [0.3, 0.4) is 0 Å². The van der Waals surface area contributed by atoms with Gasteiger partial charge in [-0.1, -0.05) is 11.6 Å². The number of nitrogens with one attached hydrogen (secondary N) is 1. The van der Waals surface area contributed by atoms with Gasteiger partial charge in [0.2, 0.25) is 0 Å². The maximum Gasteiger partial charge on any atom is 0.161 e. The van der Waals surface area contributed by atoms with Crippen molar-refractivity contribution in [2.24, 2.45) is 0 Å². The van der Waals surface area contributed by atoms with Crippen molar-refractivity contribution in [1.29, 1.82) is 0 Å². The lowest BCUT2D eigenvalue weighted by molar-refractivity contribution is 0.261. The zero-order valence-electron chi connectivity index (χ0n) is 14.8. The van der Waals surface area contributed by atoms with Crippen molar-refractivity contribution in [2.75, 3.05) is 46.2 Å². The van der Waals surface area contributed by atoms with Crippen molar-refractivity contribution >= 4 is 29.2 Å². The molecule has 5 nitrogen and oxygen atoms in total. The predicted molar refractivity (Wildman–Crippen MR) is 105 cm³/mol. The highest BCUT2D eigenvalue weighted by Crippen LogP contribution is 2.34. The highest BCUT2D eigenvalue weighted by atomic mass is 35.5. The summed E-state index contributed by atoms with van der Waals surface area (Å²) in [6.07, 6.45) is 0. The topological polar surface area (TPSA) is 43.0 Å². The average molecular weight is 383 g/mol. The van der Waals surface area contributed by atoms with Gasteiger partial charge in [0.15, 0.2) is 11.5 Å². The lowest BCUT2D eigenvalue weighted by atomic mass is 10.3. The zero-order chi connectivity index (χ0) is 18.2. The summed E-state index contributed by atoms with van der Waals surface area (Å²) in [5.41, 5.74) is 0.907. The number of rotatable bonds is 9. The first-order chi connectivity index (χ1) is 12.0. The number of halogens is 1. The summed E-state index contributed by atoms with van der Waals surface area (Å²) in [4.78, 5) is 3.06. The van der Waals surface area contributed by atoms with Crippen molar-refractivity contribution in [1.82, 2.24) is 4.90 Å². The number of hydrogen-bond acceptors (Lipinski definition) is 6. The zero-order valence-corrected chi connectivity index (χ0v) is 16.4. The third-order valence-electron chi connectivity index (χ3n) is 3.37. The third-order valence-corrected chi connectivity index (χ3v) is 4.51. The van der Waals surface area contributed by atoms with Gasteiger partial charge < -0.3 is 23.8 Å². The van der Waals surface area contributed by atoms with Gasteiger partial charge in [-0.3, -0.25) is 0 Å². The summed E-state index contributed by atoms with van der Waals surface area (Å²) in [6, 6.07) is 11.4. The van der Waals surface area contributed by atoms with Crippen LogP contribution in [-0.4, -0.2) is 46.4 Å². The maximum absolute atomic E-state index is 6.20. The molecule has 0 heterocycles. The lowest BCUT2D eigenvalue weighted by Gasteiger charge is -2.14. The van der Waals surface area contributed by atoms with E-state index in [1.807, 2.05) is 50.5 Å². The molecule has 0 unspecified atom stereocenters. The molecule has 0 saturated carbocycles. The number of hydrogen-bond donors (Lipinski definition) is 1. The summed E-state index contributed by atoms with van der Waals surface area (Å²) in [5, 5.41) is 0.598. The van der Waals surface area contributed by atoms with Crippen molar-refractivity contribution in [3.63, 3.8) is 0 Å². The molecule has 1 N–H and O–H groups in total. The van der Waals surface area contributed by atoms with Gasteiger partial charge in [-0.2, -0.15) is 0 Å². The Bertz CT molecular complexity index is 698. The van der Waals surface area contributed by atoms with Gasteiger partial charge in [-0.05, 0) is 56.4 Å². The molecule has 2 aromatic rings. The fraction of sp³-hybridized carbons (Fsp3) is 0.333. The molecule has 0 aromatic heterocycles. The second-order valence-corrected chi connectivity index (χ2v) is 6.80. The van der Waals surface area contributed by atoms with Gasteiger partial charge in [0, 0.05) is 23.2 Å². The van der Waals surface area contributed by atoms with Crippen LogP contribution in [0.1, 0.15) is 0 Å². The molecule has 0 spiro atoms. The van der Waals surface area contributed by atoms with Crippen LogP contribution < -0.4 is 18.9 Å². The Labute approximate surface area is 158 Å². The van der Waals surface area contributed by atoms with Gasteiger partial charge in [0.05, 0.1) is 19.2 Å². The smallest absolute Gasteiger partial charge is 0.161 e. The molecule has 0 aliphatic heterocycles. The summed E-state index contributed by atoms with van der Waals surface area (Å²) >= 11 is 7.67. The van der Waals surface area contributed by atoms with E-state index in [0.29, 0.717) is 28.9 Å². The Balaban J connectivity index is 2.00. The number of anilines is 1. The Morgan fingerprint density at radius 2 is 1.76 bits per heavy atom. The van der Waals surface area contributed by atoms with E-state index in [-0.39, 0.29) is 0 Å². The number of nitrogens with zero attached hydrogens (tertiary/aromatic N) is 1. The van der Waals surface area contributed by atoms with Crippen molar-refractivity contribution in [2.45, 2.75) is 4.90 Å². The summed E-state index contributed by atoms with van der Waals surface area (Å²) < 4.78 is 19.6. The lowest BCUT2D eigenvalue weighted by Crippen LogP contribution is -2.19. The largest absolute Gasteiger partial charge is 0.493 e. The second kappa shape index (κ2) is 9.65. The van der Waals surface area contributed by atoms with Gasteiger partial charge >= 0.3 is 0 Å². The molecule has 0 atom stereocenters. The fourth-order valence-electron chi connectivity index (χ4n) is 2.01. The van der Waals surface area contributed by atoms with Crippen LogP contribution in [0, 0.1) is 0 Å². The average Bonchev–Trinajstić information content (AvgIpc) is 2.61. The van der Waals surface area contributed by atoms with E-state index in [0.717, 1.165) is 17.1 Å². The molecular formula is C18H23ClN2O3S. The van der Waals surface area contributed by atoms with E-state index >= 15 is 0 Å². The highest BCUT2D eigenvalue weighted by molar-refractivity contribution is 8.00. The maximum atomic E-state index is 6.20. The normalized spacial score (nSPS) is 10.6. The molecule has 0 radical (unpaired) electrons. The van der Waals surface area contributed by atoms with Gasteiger partial charge in [-0.15, -0.1) is 0 Å². The van der Waals surface area contributed by atoms with Gasteiger partial charge in [0.1, 0.15) is 12.4 Å². The molecule has 2 rings (SSSR count). The minimum Gasteiger partial charge on any atom is -0.493 e. The number of likely N-dealkylation sites (N-methyl/N-ethyl adjacent to an activating group) is 1. The minimum atomic E-state index is 0.582. The highest BCUT2D eigenvalue weighted by Gasteiger charge is 2.07. The molecular weight excluding hydrogens is 360 g/mol. The summed E-state index contributed by atoms with van der Waals surface area (Å²) in [7, 11) is 7.25. The van der Waals surface area contributed by atoms with E-state index in [1.54, 1.807) is 14.2 Å². The Morgan fingerprint density at radius 1 is 1.00 bits per heavy atom. The molecule has 0 fully saturated rings. The molecule has 25 heavy (non-hydrogen) atoms. The molecule has 0 aliphatic rings. The second-order valence-electron chi connectivity index (χ2n) is 5.52. The van der Waals surface area contributed by atoms with E-state index in [4.69, 9.17) is 25.8 Å². The Kier molecular flexibility index (Phi) is 7.55. The van der Waals surface area contributed by atoms with Crippen LogP contribution >= 0.6 is 23.5 Å². The van der Waals surface area contributed by atoms with Crippen molar-refractivity contribution < 1.29 is 14.2 Å². The first kappa shape index (κ1) is 19.6. The molecule has 0 amide bonds.